The van der Waals surface area contributed by atoms with Gasteiger partial charge in [-0.2, -0.15) is 0 Å². The van der Waals surface area contributed by atoms with Crippen molar-refractivity contribution in [3.8, 4) is 0 Å². The molecule has 0 N–H and O–H groups in total. The third-order valence-corrected chi connectivity index (χ3v) is 6.48. The third-order valence-electron chi connectivity index (χ3n) is 4.90. The molecule has 1 aliphatic heterocycles. The Bertz CT molecular complexity index is 855. The predicted octanol–water partition coefficient (Wildman–Crippen LogP) is 4.78. The van der Waals surface area contributed by atoms with E-state index < -0.39 is 0 Å². The van der Waals surface area contributed by atoms with E-state index in [1.165, 1.54) is 10.4 Å². The second-order valence-electron chi connectivity index (χ2n) is 6.56. The summed E-state index contributed by atoms with van der Waals surface area (Å²) >= 11 is 8.02. The highest BCUT2D eigenvalue weighted by Crippen LogP contribution is 2.34. The number of rotatable bonds is 6. The fourth-order valence-electron chi connectivity index (χ4n) is 3.27. The third kappa shape index (κ3) is 3.98. The second kappa shape index (κ2) is 8.30. The van der Waals surface area contributed by atoms with Crippen molar-refractivity contribution in [2.75, 3.05) is 6.54 Å². The minimum absolute atomic E-state index is 0.171. The van der Waals surface area contributed by atoms with Gasteiger partial charge in [-0.15, -0.1) is 11.3 Å². The van der Waals surface area contributed by atoms with Crippen molar-refractivity contribution < 1.29 is 9.59 Å². The van der Waals surface area contributed by atoms with Crippen LogP contribution < -0.4 is 0 Å². The fraction of sp³-hybridized carbons (Fsp3) is 0.333. The Balaban J connectivity index is 1.78. The van der Waals surface area contributed by atoms with Gasteiger partial charge in [-0.3, -0.25) is 9.69 Å². The number of nitrogens with zero attached hydrogens (tertiary/aromatic N) is 1. The lowest BCUT2D eigenvalue weighted by molar-refractivity contribution is -0.115. The lowest BCUT2D eigenvalue weighted by Crippen LogP contribution is -2.34. The molecule has 1 aliphatic rings. The first-order valence-electron chi connectivity index (χ1n) is 8.73. The van der Waals surface area contributed by atoms with Crippen molar-refractivity contribution in [1.82, 2.24) is 4.90 Å². The van der Waals surface area contributed by atoms with Gasteiger partial charge >= 0.3 is 0 Å². The SMILES string of the molecule is C/C=C(/C)C(=O)Cc1cc2c(s1)CCN(C(C=O)c1ccccc1Cl)C2. The number of hydrogen-bond donors (Lipinski definition) is 0. The summed E-state index contributed by atoms with van der Waals surface area (Å²) in [5.74, 6) is 0.171. The van der Waals surface area contributed by atoms with Crippen LogP contribution >= 0.6 is 22.9 Å². The minimum atomic E-state index is -0.341. The van der Waals surface area contributed by atoms with E-state index in [2.05, 4.69) is 11.0 Å². The average Bonchev–Trinajstić information content (AvgIpc) is 3.04. The van der Waals surface area contributed by atoms with E-state index in [4.69, 9.17) is 11.6 Å². The molecule has 0 bridgehead atoms. The van der Waals surface area contributed by atoms with Crippen LogP contribution in [0.3, 0.4) is 0 Å². The Morgan fingerprint density at radius 3 is 2.85 bits per heavy atom. The van der Waals surface area contributed by atoms with Crippen molar-refractivity contribution in [2.45, 2.75) is 39.3 Å². The van der Waals surface area contributed by atoms with Crippen LogP contribution in [0.5, 0.6) is 0 Å². The van der Waals surface area contributed by atoms with E-state index in [0.29, 0.717) is 18.0 Å². The van der Waals surface area contributed by atoms with E-state index in [1.807, 2.05) is 44.2 Å². The van der Waals surface area contributed by atoms with Gasteiger partial charge in [-0.25, -0.2) is 0 Å². The first-order chi connectivity index (χ1) is 12.5. The Morgan fingerprint density at radius 2 is 2.15 bits per heavy atom. The molecule has 1 aromatic heterocycles. The zero-order valence-corrected chi connectivity index (χ0v) is 16.6. The monoisotopic (exact) mass is 387 g/mol. The predicted molar refractivity (Wildman–Crippen MR) is 107 cm³/mol. The molecular weight excluding hydrogens is 366 g/mol. The number of Topliss-reactive ketones (excluding diaryl/α,β-unsaturated/α-hetero) is 1. The summed E-state index contributed by atoms with van der Waals surface area (Å²) in [7, 11) is 0. The largest absolute Gasteiger partial charge is 0.301 e. The first-order valence-corrected chi connectivity index (χ1v) is 9.93. The highest BCUT2D eigenvalue weighted by molar-refractivity contribution is 7.12. The highest BCUT2D eigenvalue weighted by atomic mass is 35.5. The summed E-state index contributed by atoms with van der Waals surface area (Å²) in [6, 6.07) is 9.30. The summed E-state index contributed by atoms with van der Waals surface area (Å²) in [6.07, 6.45) is 4.18. The fourth-order valence-corrected chi connectivity index (χ4v) is 4.69. The number of fused-ring (bicyclic) bond motifs is 1. The molecule has 26 heavy (non-hydrogen) atoms. The molecule has 3 rings (SSSR count). The Kier molecular flexibility index (Phi) is 6.07. The highest BCUT2D eigenvalue weighted by Gasteiger charge is 2.27. The molecule has 136 valence electrons. The average molecular weight is 388 g/mol. The minimum Gasteiger partial charge on any atom is -0.301 e. The molecule has 3 nitrogen and oxygen atoms in total. The van der Waals surface area contributed by atoms with Gasteiger partial charge < -0.3 is 4.79 Å². The van der Waals surface area contributed by atoms with Crippen LogP contribution in [-0.2, 0) is 29.0 Å². The maximum atomic E-state index is 12.2. The molecule has 2 aromatic rings. The van der Waals surface area contributed by atoms with Crippen LogP contribution in [0, 0.1) is 0 Å². The smallest absolute Gasteiger partial charge is 0.163 e. The van der Waals surface area contributed by atoms with Gasteiger partial charge in [0.1, 0.15) is 6.29 Å². The van der Waals surface area contributed by atoms with Crippen LogP contribution in [0.15, 0.2) is 42.0 Å². The second-order valence-corrected chi connectivity index (χ2v) is 8.18. The molecule has 1 aromatic carbocycles. The molecule has 0 saturated heterocycles. The molecule has 0 saturated carbocycles. The number of carbonyl (C=O) groups excluding carboxylic acids is 2. The van der Waals surface area contributed by atoms with Crippen molar-refractivity contribution in [3.05, 3.63) is 67.9 Å². The zero-order chi connectivity index (χ0) is 18.7. The Hall–Kier alpha value is -1.75. The maximum absolute atomic E-state index is 12.2. The normalized spacial score (nSPS) is 16.2. The summed E-state index contributed by atoms with van der Waals surface area (Å²) in [6.45, 7) is 5.26. The number of thiophene rings is 1. The maximum Gasteiger partial charge on any atom is 0.163 e. The van der Waals surface area contributed by atoms with E-state index in [-0.39, 0.29) is 11.8 Å². The van der Waals surface area contributed by atoms with Crippen LogP contribution in [0.2, 0.25) is 5.02 Å². The number of ketones is 1. The summed E-state index contributed by atoms with van der Waals surface area (Å²) < 4.78 is 0. The molecule has 1 atom stereocenters. The topological polar surface area (TPSA) is 37.4 Å². The lowest BCUT2D eigenvalue weighted by Gasteiger charge is -2.32. The molecule has 2 heterocycles. The quantitative estimate of drug-likeness (QED) is 0.528. The van der Waals surface area contributed by atoms with Crippen LogP contribution in [0.4, 0.5) is 0 Å². The molecule has 1 unspecified atom stereocenters. The molecule has 5 heteroatoms. The van der Waals surface area contributed by atoms with Crippen LogP contribution in [-0.4, -0.2) is 23.5 Å². The summed E-state index contributed by atoms with van der Waals surface area (Å²) in [5.41, 5.74) is 2.88. The Labute approximate surface area is 163 Å². The lowest BCUT2D eigenvalue weighted by atomic mass is 10.0. The van der Waals surface area contributed by atoms with Gasteiger partial charge in [0.05, 0.1) is 6.04 Å². The van der Waals surface area contributed by atoms with E-state index in [1.54, 1.807) is 11.3 Å². The first kappa shape index (κ1) is 19.0. The summed E-state index contributed by atoms with van der Waals surface area (Å²) in [5, 5.41) is 0.619. The molecule has 0 aliphatic carbocycles. The number of allylic oxidation sites excluding steroid dienone is 2. The molecule has 0 radical (unpaired) electrons. The molecule has 0 fully saturated rings. The number of aldehydes is 1. The number of halogens is 1. The van der Waals surface area contributed by atoms with E-state index >= 15 is 0 Å². The number of carbonyl (C=O) groups is 2. The van der Waals surface area contributed by atoms with Crippen LogP contribution in [0.1, 0.15) is 40.8 Å². The standard InChI is InChI=1S/C21H22ClNO2S/c1-3-14(2)20(25)11-16-10-15-12-23(9-8-21(15)26-16)19(13-24)17-6-4-5-7-18(17)22/h3-7,10,13,19H,8-9,11-12H2,1-2H3/b14-3-. The van der Waals surface area contributed by atoms with Crippen molar-refractivity contribution >= 4 is 35.0 Å². The van der Waals surface area contributed by atoms with Gasteiger partial charge in [0.2, 0.25) is 0 Å². The summed E-state index contributed by atoms with van der Waals surface area (Å²) in [4.78, 5) is 28.5. The Morgan fingerprint density at radius 1 is 1.38 bits per heavy atom. The number of benzene rings is 1. The van der Waals surface area contributed by atoms with Crippen molar-refractivity contribution in [2.24, 2.45) is 0 Å². The zero-order valence-electron chi connectivity index (χ0n) is 15.0. The molecule has 0 amide bonds. The van der Waals surface area contributed by atoms with Crippen molar-refractivity contribution in [1.29, 1.82) is 0 Å². The number of hydrogen-bond acceptors (Lipinski definition) is 4. The van der Waals surface area contributed by atoms with Gasteiger partial charge in [0, 0.05) is 34.3 Å². The van der Waals surface area contributed by atoms with Gasteiger partial charge in [-0.05, 0) is 49.1 Å². The van der Waals surface area contributed by atoms with E-state index in [0.717, 1.165) is 35.3 Å². The van der Waals surface area contributed by atoms with E-state index in [9.17, 15) is 9.59 Å². The van der Waals surface area contributed by atoms with Crippen molar-refractivity contribution in [3.63, 3.8) is 0 Å². The van der Waals surface area contributed by atoms with Crippen LogP contribution in [0.25, 0.3) is 0 Å². The molecular formula is C21H22ClNO2S. The van der Waals surface area contributed by atoms with Gasteiger partial charge in [0.25, 0.3) is 0 Å². The molecule has 0 spiro atoms. The van der Waals surface area contributed by atoms with Gasteiger partial charge in [-0.1, -0.05) is 35.9 Å². The van der Waals surface area contributed by atoms with Gasteiger partial charge in [0.15, 0.2) is 5.78 Å².